The summed E-state index contributed by atoms with van der Waals surface area (Å²) in [6.45, 7) is 7.87. The van der Waals surface area contributed by atoms with E-state index in [1.54, 1.807) is 12.4 Å². The van der Waals surface area contributed by atoms with Crippen LogP contribution < -0.4 is 9.47 Å². The van der Waals surface area contributed by atoms with Gasteiger partial charge in [0.2, 0.25) is 0 Å². The fourth-order valence-corrected chi connectivity index (χ4v) is 2.94. The second kappa shape index (κ2) is 5.51. The summed E-state index contributed by atoms with van der Waals surface area (Å²) in [5.74, 6) is 0.866. The molecule has 5 heteroatoms. The Bertz CT molecular complexity index is 862. The summed E-state index contributed by atoms with van der Waals surface area (Å²) in [5.41, 5.74) is 3.37. The molecule has 124 valence electrons. The third-order valence-corrected chi connectivity index (χ3v) is 4.33. The Kier molecular flexibility index (Phi) is 3.44. The van der Waals surface area contributed by atoms with Gasteiger partial charge < -0.3 is 9.47 Å². The highest BCUT2D eigenvalue weighted by Gasteiger charge is 2.27. The molecule has 0 saturated heterocycles. The summed E-state index contributed by atoms with van der Waals surface area (Å²) >= 11 is 0. The van der Waals surface area contributed by atoms with Crippen molar-refractivity contribution < 1.29 is 9.47 Å². The molecular weight excluding hydrogens is 302 g/mol. The van der Waals surface area contributed by atoms with Crippen molar-refractivity contribution in [3.8, 4) is 11.8 Å². The summed E-state index contributed by atoms with van der Waals surface area (Å²) in [6, 6.07) is 10.9. The predicted octanol–water partition coefficient (Wildman–Crippen LogP) is 3.57. The highest BCUT2D eigenvalue weighted by atomic mass is 16.6. The van der Waals surface area contributed by atoms with Crippen LogP contribution in [-0.2, 0) is 12.0 Å². The van der Waals surface area contributed by atoms with Crippen LogP contribution in [0.1, 0.15) is 26.3 Å². The molecule has 0 amide bonds. The molecule has 0 fully saturated rings. The molecular formula is C19H21N3O2. The van der Waals surface area contributed by atoms with Crippen LogP contribution in [0.5, 0.6) is 11.8 Å². The van der Waals surface area contributed by atoms with Crippen molar-refractivity contribution >= 4 is 11.0 Å². The maximum Gasteiger partial charge on any atom is 0.297 e. The van der Waals surface area contributed by atoms with E-state index in [9.17, 15) is 0 Å². The van der Waals surface area contributed by atoms with Gasteiger partial charge in [0, 0.05) is 6.20 Å². The molecule has 1 aromatic carbocycles. The average Bonchev–Trinajstić information content (AvgIpc) is 3.10. The van der Waals surface area contributed by atoms with Gasteiger partial charge >= 0.3 is 0 Å². The molecule has 0 bridgehead atoms. The third-order valence-electron chi connectivity index (χ3n) is 4.33. The number of hydrogen-bond donors (Lipinski definition) is 0. The van der Waals surface area contributed by atoms with Crippen LogP contribution in [0.3, 0.4) is 0 Å². The second-order valence-corrected chi connectivity index (χ2v) is 7.19. The Hall–Kier alpha value is -2.56. The summed E-state index contributed by atoms with van der Waals surface area (Å²) < 4.78 is 13.9. The first-order valence-corrected chi connectivity index (χ1v) is 8.21. The number of benzene rings is 1. The van der Waals surface area contributed by atoms with Crippen molar-refractivity contribution in [3.63, 3.8) is 0 Å². The highest BCUT2D eigenvalue weighted by Crippen LogP contribution is 2.28. The molecule has 24 heavy (non-hydrogen) atoms. The first-order chi connectivity index (χ1) is 11.5. The molecule has 3 aromatic rings. The van der Waals surface area contributed by atoms with Crippen molar-refractivity contribution in [2.75, 3.05) is 6.61 Å². The number of nitrogens with zero attached hydrogens (tertiary/aromatic N) is 3. The highest BCUT2D eigenvalue weighted by molar-refractivity contribution is 5.75. The lowest BCUT2D eigenvalue weighted by molar-refractivity contribution is 0.144. The zero-order valence-electron chi connectivity index (χ0n) is 14.2. The Labute approximate surface area is 141 Å². The van der Waals surface area contributed by atoms with Crippen LogP contribution in [-0.4, -0.2) is 27.2 Å². The lowest BCUT2D eigenvalue weighted by Crippen LogP contribution is -2.23. The molecule has 3 heterocycles. The number of pyridine rings is 1. The molecule has 1 aliphatic rings. The molecule has 0 N–H and O–H groups in total. The minimum Gasteiger partial charge on any atom is -0.490 e. The monoisotopic (exact) mass is 323 g/mol. The fraction of sp³-hybridized carbons (Fsp3) is 0.368. The average molecular weight is 323 g/mol. The molecule has 2 aromatic heterocycles. The van der Waals surface area contributed by atoms with Gasteiger partial charge in [-0.25, -0.2) is 0 Å². The van der Waals surface area contributed by atoms with Crippen molar-refractivity contribution in [2.45, 2.75) is 38.8 Å². The third kappa shape index (κ3) is 2.70. The van der Waals surface area contributed by atoms with Gasteiger partial charge in [-0.2, -0.15) is 4.98 Å². The number of fused-ring (bicyclic) bond motifs is 3. The summed E-state index contributed by atoms with van der Waals surface area (Å²) in [6.07, 6.45) is 3.51. The van der Waals surface area contributed by atoms with E-state index in [0.29, 0.717) is 12.6 Å². The van der Waals surface area contributed by atoms with Gasteiger partial charge in [0.1, 0.15) is 17.9 Å². The SMILES string of the molecule is CC(C)(C)c1ccc(OC[C@@H]2Cn3c(nc4cnccc43)O2)cc1. The number of aromatic nitrogens is 3. The van der Waals surface area contributed by atoms with Crippen molar-refractivity contribution in [2.24, 2.45) is 0 Å². The van der Waals surface area contributed by atoms with Gasteiger partial charge in [0.05, 0.1) is 18.3 Å². The lowest BCUT2D eigenvalue weighted by atomic mass is 9.87. The summed E-state index contributed by atoms with van der Waals surface area (Å²) in [4.78, 5) is 8.55. The van der Waals surface area contributed by atoms with Gasteiger partial charge in [-0.3, -0.25) is 9.55 Å². The van der Waals surface area contributed by atoms with Gasteiger partial charge in [-0.05, 0) is 29.2 Å². The predicted molar refractivity (Wildman–Crippen MR) is 92.6 cm³/mol. The maximum absolute atomic E-state index is 5.89. The molecule has 5 nitrogen and oxygen atoms in total. The van der Waals surface area contributed by atoms with E-state index in [1.165, 1.54) is 5.56 Å². The van der Waals surface area contributed by atoms with E-state index in [2.05, 4.69) is 47.4 Å². The van der Waals surface area contributed by atoms with Crippen LogP contribution in [0.15, 0.2) is 42.7 Å². The van der Waals surface area contributed by atoms with Crippen LogP contribution >= 0.6 is 0 Å². The van der Waals surface area contributed by atoms with Crippen LogP contribution in [0.2, 0.25) is 0 Å². The second-order valence-electron chi connectivity index (χ2n) is 7.19. The lowest BCUT2D eigenvalue weighted by Gasteiger charge is -2.19. The maximum atomic E-state index is 5.89. The Morgan fingerprint density at radius 2 is 2.00 bits per heavy atom. The molecule has 4 rings (SSSR count). The van der Waals surface area contributed by atoms with E-state index in [0.717, 1.165) is 23.3 Å². The van der Waals surface area contributed by atoms with Crippen LogP contribution in [0, 0.1) is 0 Å². The molecule has 1 aliphatic heterocycles. The minimum atomic E-state index is -0.0210. The van der Waals surface area contributed by atoms with Crippen molar-refractivity contribution in [1.82, 2.24) is 14.5 Å². The Balaban J connectivity index is 1.40. The largest absolute Gasteiger partial charge is 0.490 e. The van der Waals surface area contributed by atoms with E-state index < -0.39 is 0 Å². The molecule has 0 spiro atoms. The normalized spacial score (nSPS) is 16.9. The first kappa shape index (κ1) is 15.0. The zero-order chi connectivity index (χ0) is 16.7. The molecule has 0 unspecified atom stereocenters. The van der Waals surface area contributed by atoms with E-state index in [-0.39, 0.29) is 11.5 Å². The van der Waals surface area contributed by atoms with Gasteiger partial charge in [0.25, 0.3) is 6.01 Å². The van der Waals surface area contributed by atoms with E-state index in [1.807, 2.05) is 18.2 Å². The molecule has 0 aliphatic carbocycles. The topological polar surface area (TPSA) is 49.2 Å². The van der Waals surface area contributed by atoms with Crippen molar-refractivity contribution in [1.29, 1.82) is 0 Å². The van der Waals surface area contributed by atoms with E-state index >= 15 is 0 Å². The van der Waals surface area contributed by atoms with Crippen LogP contribution in [0.4, 0.5) is 0 Å². The zero-order valence-corrected chi connectivity index (χ0v) is 14.2. The Morgan fingerprint density at radius 3 is 2.75 bits per heavy atom. The van der Waals surface area contributed by atoms with Crippen molar-refractivity contribution in [3.05, 3.63) is 48.3 Å². The van der Waals surface area contributed by atoms with Gasteiger partial charge in [0.15, 0.2) is 6.10 Å². The van der Waals surface area contributed by atoms with E-state index in [4.69, 9.17) is 9.47 Å². The summed E-state index contributed by atoms with van der Waals surface area (Å²) in [5, 5.41) is 0. The number of rotatable bonds is 3. The molecule has 1 atom stereocenters. The minimum absolute atomic E-state index is 0.0210. The number of ether oxygens (including phenoxy) is 2. The Morgan fingerprint density at radius 1 is 1.21 bits per heavy atom. The fourth-order valence-electron chi connectivity index (χ4n) is 2.94. The number of hydrogen-bond acceptors (Lipinski definition) is 4. The molecule has 0 saturated carbocycles. The van der Waals surface area contributed by atoms with Crippen LogP contribution in [0.25, 0.3) is 11.0 Å². The number of imidazole rings is 1. The van der Waals surface area contributed by atoms with Gasteiger partial charge in [-0.1, -0.05) is 32.9 Å². The smallest absolute Gasteiger partial charge is 0.297 e. The first-order valence-electron chi connectivity index (χ1n) is 8.21. The standard InChI is InChI=1S/C19H21N3O2/c1-19(2,3)13-4-6-14(7-5-13)23-12-15-11-22-17-8-9-20-10-16(17)21-18(22)24-15/h4-10,15H,11-12H2,1-3H3/t15-/m0/s1. The quantitative estimate of drug-likeness (QED) is 0.739. The summed E-state index contributed by atoms with van der Waals surface area (Å²) in [7, 11) is 0. The van der Waals surface area contributed by atoms with Gasteiger partial charge in [-0.15, -0.1) is 0 Å². The molecule has 0 radical (unpaired) electrons.